The van der Waals surface area contributed by atoms with Crippen molar-refractivity contribution in [2.24, 2.45) is 0 Å². The van der Waals surface area contributed by atoms with Crippen molar-refractivity contribution in [3.8, 4) is 0 Å². The lowest BCUT2D eigenvalue weighted by molar-refractivity contribution is 0.0296. The fourth-order valence-electron chi connectivity index (χ4n) is 2.56. The summed E-state index contributed by atoms with van der Waals surface area (Å²) in [5, 5.41) is 13.1. The van der Waals surface area contributed by atoms with E-state index in [1.807, 2.05) is 12.1 Å². The summed E-state index contributed by atoms with van der Waals surface area (Å²) >= 11 is 0. The summed E-state index contributed by atoms with van der Waals surface area (Å²) in [6, 6.07) is 7.39. The molecule has 2 rings (SSSR count). The number of hydrogen-bond donors (Lipinski definition) is 2. The van der Waals surface area contributed by atoms with Gasteiger partial charge >= 0.3 is 0 Å². The smallest absolute Gasteiger partial charge is 0.251 e. The maximum Gasteiger partial charge on any atom is 0.251 e. The van der Waals surface area contributed by atoms with E-state index in [4.69, 9.17) is 0 Å². The lowest BCUT2D eigenvalue weighted by atomic mass is 9.86. The van der Waals surface area contributed by atoms with Gasteiger partial charge in [-0.1, -0.05) is 32.9 Å². The van der Waals surface area contributed by atoms with E-state index in [0.29, 0.717) is 5.56 Å². The number of aliphatic hydroxyl groups is 1. The van der Waals surface area contributed by atoms with Crippen molar-refractivity contribution in [3.63, 3.8) is 0 Å². The first-order valence-electron chi connectivity index (χ1n) is 7.82. The van der Waals surface area contributed by atoms with Gasteiger partial charge in [0.15, 0.2) is 9.84 Å². The number of benzene rings is 1. The highest BCUT2D eigenvalue weighted by Crippen LogP contribution is 2.24. The van der Waals surface area contributed by atoms with E-state index >= 15 is 0 Å². The molecule has 0 spiro atoms. The van der Waals surface area contributed by atoms with Gasteiger partial charge in [-0.15, -0.1) is 0 Å². The van der Waals surface area contributed by atoms with Gasteiger partial charge in [0.05, 0.1) is 17.1 Å². The Balaban J connectivity index is 1.95. The standard InChI is InChI=1S/C17H25NO4S/c1-16(2,3)14-6-4-13(5-7-14)15(19)18-12-17(20)8-10-23(21,22)11-9-17/h4-7,20H,8-12H2,1-3H3,(H,18,19). The molecule has 0 unspecified atom stereocenters. The molecular formula is C17H25NO4S. The first-order chi connectivity index (χ1) is 10.5. The average Bonchev–Trinajstić information content (AvgIpc) is 2.48. The van der Waals surface area contributed by atoms with Gasteiger partial charge in [0.2, 0.25) is 0 Å². The molecule has 6 heteroatoms. The van der Waals surface area contributed by atoms with Gasteiger partial charge in [0, 0.05) is 12.1 Å². The molecule has 1 fully saturated rings. The van der Waals surface area contributed by atoms with Crippen LogP contribution in [0.5, 0.6) is 0 Å². The Hall–Kier alpha value is -1.40. The predicted molar refractivity (Wildman–Crippen MR) is 90.3 cm³/mol. The number of sulfone groups is 1. The Bertz CT molecular complexity index is 658. The molecule has 0 atom stereocenters. The van der Waals surface area contributed by atoms with E-state index in [-0.39, 0.29) is 42.2 Å². The summed E-state index contributed by atoms with van der Waals surface area (Å²) in [5.74, 6) is -0.313. The van der Waals surface area contributed by atoms with Gasteiger partial charge in [-0.25, -0.2) is 8.42 Å². The second kappa shape index (κ2) is 6.24. The van der Waals surface area contributed by atoms with Crippen molar-refractivity contribution in [2.45, 2.75) is 44.6 Å². The molecule has 1 aliphatic heterocycles. The highest BCUT2D eigenvalue weighted by molar-refractivity contribution is 7.91. The van der Waals surface area contributed by atoms with Crippen LogP contribution in [0.3, 0.4) is 0 Å². The van der Waals surface area contributed by atoms with Gasteiger partial charge in [-0.3, -0.25) is 4.79 Å². The summed E-state index contributed by atoms with van der Waals surface area (Å²) in [4.78, 5) is 12.2. The Labute approximate surface area is 138 Å². The van der Waals surface area contributed by atoms with Crippen LogP contribution in [0.15, 0.2) is 24.3 Å². The van der Waals surface area contributed by atoms with E-state index in [1.54, 1.807) is 12.1 Å². The topological polar surface area (TPSA) is 83.5 Å². The zero-order chi connectivity index (χ0) is 17.3. The molecule has 1 aromatic rings. The molecule has 0 radical (unpaired) electrons. The minimum atomic E-state index is -3.04. The number of nitrogens with one attached hydrogen (secondary N) is 1. The maximum atomic E-state index is 12.2. The van der Waals surface area contributed by atoms with Crippen LogP contribution in [0.25, 0.3) is 0 Å². The molecule has 0 aromatic heterocycles. The summed E-state index contributed by atoms with van der Waals surface area (Å²) in [6.07, 6.45) is 0.331. The molecular weight excluding hydrogens is 314 g/mol. The molecule has 1 saturated heterocycles. The molecule has 0 aliphatic carbocycles. The van der Waals surface area contributed by atoms with Gasteiger partial charge in [-0.2, -0.15) is 0 Å². The first-order valence-corrected chi connectivity index (χ1v) is 9.65. The van der Waals surface area contributed by atoms with Crippen molar-refractivity contribution in [1.29, 1.82) is 0 Å². The van der Waals surface area contributed by atoms with Crippen molar-refractivity contribution in [3.05, 3.63) is 35.4 Å². The summed E-state index contributed by atoms with van der Waals surface area (Å²) < 4.78 is 22.8. The Morgan fingerprint density at radius 2 is 1.70 bits per heavy atom. The molecule has 1 aromatic carbocycles. The number of rotatable bonds is 3. The van der Waals surface area contributed by atoms with E-state index < -0.39 is 15.4 Å². The van der Waals surface area contributed by atoms with Crippen LogP contribution in [0.2, 0.25) is 0 Å². The maximum absolute atomic E-state index is 12.2. The molecule has 23 heavy (non-hydrogen) atoms. The van der Waals surface area contributed by atoms with Crippen LogP contribution < -0.4 is 5.32 Å². The first kappa shape index (κ1) is 17.9. The zero-order valence-corrected chi connectivity index (χ0v) is 14.7. The number of hydrogen-bond acceptors (Lipinski definition) is 4. The van der Waals surface area contributed by atoms with E-state index in [1.165, 1.54) is 0 Å². The fourth-order valence-corrected chi connectivity index (χ4v) is 4.15. The highest BCUT2D eigenvalue weighted by atomic mass is 32.2. The van der Waals surface area contributed by atoms with Crippen molar-refractivity contribution < 1.29 is 18.3 Å². The molecule has 5 nitrogen and oxygen atoms in total. The molecule has 1 aliphatic rings. The summed E-state index contributed by atoms with van der Waals surface area (Å²) in [5.41, 5.74) is 0.569. The molecule has 0 bridgehead atoms. The third-order valence-corrected chi connectivity index (χ3v) is 6.00. The molecule has 1 heterocycles. The molecule has 1 amide bonds. The summed E-state index contributed by atoms with van der Waals surface area (Å²) in [7, 11) is -3.04. The Morgan fingerprint density at radius 3 is 2.17 bits per heavy atom. The van der Waals surface area contributed by atoms with E-state index in [0.717, 1.165) is 5.56 Å². The SMILES string of the molecule is CC(C)(C)c1ccc(C(=O)NCC2(O)CCS(=O)(=O)CC2)cc1. The Kier molecular flexibility index (Phi) is 4.87. The van der Waals surface area contributed by atoms with Crippen LogP contribution in [0.1, 0.15) is 49.5 Å². The lowest BCUT2D eigenvalue weighted by Gasteiger charge is -2.31. The van der Waals surface area contributed by atoms with Gasteiger partial charge in [0.1, 0.15) is 0 Å². The second-order valence-electron chi connectivity index (χ2n) is 7.39. The highest BCUT2D eigenvalue weighted by Gasteiger charge is 2.35. The van der Waals surface area contributed by atoms with Gasteiger partial charge in [0.25, 0.3) is 5.91 Å². The number of amides is 1. The van der Waals surface area contributed by atoms with Gasteiger partial charge in [-0.05, 0) is 36.0 Å². The third kappa shape index (κ3) is 4.78. The van der Waals surface area contributed by atoms with Gasteiger partial charge < -0.3 is 10.4 Å². The predicted octanol–water partition coefficient (Wildman–Crippen LogP) is 1.65. The van der Waals surface area contributed by atoms with Crippen molar-refractivity contribution in [1.82, 2.24) is 5.32 Å². The minimum absolute atomic E-state index is 0.0255. The van der Waals surface area contributed by atoms with Crippen LogP contribution in [0.4, 0.5) is 0 Å². The number of carbonyl (C=O) groups excluding carboxylic acids is 1. The lowest BCUT2D eigenvalue weighted by Crippen LogP contribution is -2.48. The third-order valence-electron chi connectivity index (χ3n) is 4.35. The molecule has 128 valence electrons. The zero-order valence-electron chi connectivity index (χ0n) is 13.9. The molecule has 0 saturated carbocycles. The normalized spacial score (nSPS) is 20.0. The quantitative estimate of drug-likeness (QED) is 0.877. The van der Waals surface area contributed by atoms with E-state index in [9.17, 15) is 18.3 Å². The van der Waals surface area contributed by atoms with Crippen LogP contribution in [-0.2, 0) is 15.3 Å². The van der Waals surface area contributed by atoms with Crippen LogP contribution >= 0.6 is 0 Å². The largest absolute Gasteiger partial charge is 0.388 e. The average molecular weight is 339 g/mol. The summed E-state index contributed by atoms with van der Waals surface area (Å²) in [6.45, 7) is 6.39. The number of carbonyl (C=O) groups is 1. The second-order valence-corrected chi connectivity index (χ2v) is 9.69. The fraction of sp³-hybridized carbons (Fsp3) is 0.588. The van der Waals surface area contributed by atoms with Crippen molar-refractivity contribution in [2.75, 3.05) is 18.1 Å². The minimum Gasteiger partial charge on any atom is -0.388 e. The monoisotopic (exact) mass is 339 g/mol. The van der Waals surface area contributed by atoms with Crippen LogP contribution in [-0.4, -0.2) is 43.1 Å². The van der Waals surface area contributed by atoms with Crippen molar-refractivity contribution >= 4 is 15.7 Å². The Morgan fingerprint density at radius 1 is 1.17 bits per heavy atom. The van der Waals surface area contributed by atoms with Crippen LogP contribution in [0, 0.1) is 0 Å². The van der Waals surface area contributed by atoms with E-state index in [2.05, 4.69) is 26.1 Å². The molecule has 2 N–H and O–H groups in total.